The summed E-state index contributed by atoms with van der Waals surface area (Å²) in [5.74, 6) is 0. The first-order valence-corrected chi connectivity index (χ1v) is 6.88. The molecule has 0 aliphatic rings. The third kappa shape index (κ3) is 4.91. The highest BCUT2D eigenvalue weighted by Crippen LogP contribution is 2.15. The van der Waals surface area contributed by atoms with Crippen molar-refractivity contribution in [1.29, 1.82) is 0 Å². The first kappa shape index (κ1) is 15.5. The van der Waals surface area contributed by atoms with E-state index in [2.05, 4.69) is 24.5 Å². The van der Waals surface area contributed by atoms with E-state index in [-0.39, 0.29) is 18.7 Å². The Kier molecular flexibility index (Phi) is 6.36. The lowest BCUT2D eigenvalue weighted by Gasteiger charge is -2.16. The van der Waals surface area contributed by atoms with Gasteiger partial charge < -0.3 is 15.7 Å². The summed E-state index contributed by atoms with van der Waals surface area (Å²) >= 11 is 0. The molecule has 0 saturated heterocycles. The molecule has 0 fully saturated rings. The number of hydrogen-bond donors (Lipinski definition) is 3. The van der Waals surface area contributed by atoms with E-state index < -0.39 is 0 Å². The van der Waals surface area contributed by atoms with Gasteiger partial charge >= 0.3 is 6.03 Å². The van der Waals surface area contributed by atoms with E-state index in [1.54, 1.807) is 0 Å². The van der Waals surface area contributed by atoms with E-state index in [1.807, 2.05) is 25.1 Å². The molecule has 1 atom stereocenters. The van der Waals surface area contributed by atoms with Crippen molar-refractivity contribution in [3.63, 3.8) is 0 Å². The van der Waals surface area contributed by atoms with Gasteiger partial charge in [-0.1, -0.05) is 19.9 Å². The summed E-state index contributed by atoms with van der Waals surface area (Å²) in [6.45, 7) is 6.24. The number of amides is 2. The van der Waals surface area contributed by atoms with Crippen LogP contribution in [0.4, 0.5) is 10.5 Å². The van der Waals surface area contributed by atoms with Gasteiger partial charge in [-0.2, -0.15) is 0 Å². The van der Waals surface area contributed by atoms with Crippen molar-refractivity contribution >= 4 is 11.7 Å². The Morgan fingerprint density at radius 2 is 2.11 bits per heavy atom. The Morgan fingerprint density at radius 3 is 2.68 bits per heavy atom. The van der Waals surface area contributed by atoms with Gasteiger partial charge in [-0.3, -0.25) is 0 Å². The number of urea groups is 1. The van der Waals surface area contributed by atoms with Gasteiger partial charge in [0.15, 0.2) is 0 Å². The van der Waals surface area contributed by atoms with Gasteiger partial charge in [0.25, 0.3) is 0 Å². The van der Waals surface area contributed by atoms with Crippen molar-refractivity contribution in [2.24, 2.45) is 0 Å². The van der Waals surface area contributed by atoms with E-state index in [4.69, 9.17) is 5.11 Å². The summed E-state index contributed by atoms with van der Waals surface area (Å²) in [6, 6.07) is 5.72. The third-order valence-electron chi connectivity index (χ3n) is 3.29. The molecule has 106 valence electrons. The second-order valence-corrected chi connectivity index (χ2v) is 4.71. The van der Waals surface area contributed by atoms with Crippen LogP contribution in [0.1, 0.15) is 37.8 Å². The maximum Gasteiger partial charge on any atom is 0.319 e. The number of aliphatic hydroxyl groups is 1. The number of nitrogens with one attached hydrogen (secondary N) is 2. The molecule has 0 bridgehead atoms. The van der Waals surface area contributed by atoms with E-state index in [0.717, 1.165) is 18.5 Å². The van der Waals surface area contributed by atoms with Crippen molar-refractivity contribution < 1.29 is 9.90 Å². The van der Waals surface area contributed by atoms with Gasteiger partial charge in [-0.15, -0.1) is 0 Å². The Balaban J connectivity index is 2.61. The van der Waals surface area contributed by atoms with E-state index >= 15 is 0 Å². The fraction of sp³-hybridized carbons (Fsp3) is 0.533. The molecule has 0 aliphatic heterocycles. The van der Waals surface area contributed by atoms with Crippen LogP contribution < -0.4 is 10.6 Å². The third-order valence-corrected chi connectivity index (χ3v) is 3.29. The predicted molar refractivity (Wildman–Crippen MR) is 78.5 cm³/mol. The number of anilines is 1. The molecule has 1 aromatic rings. The van der Waals surface area contributed by atoms with Crippen LogP contribution in [0.5, 0.6) is 0 Å². The van der Waals surface area contributed by atoms with Crippen LogP contribution >= 0.6 is 0 Å². The van der Waals surface area contributed by atoms with Gasteiger partial charge in [0.2, 0.25) is 0 Å². The molecule has 0 aliphatic carbocycles. The minimum Gasteiger partial charge on any atom is -0.396 e. The summed E-state index contributed by atoms with van der Waals surface area (Å²) in [5.41, 5.74) is 3.28. The van der Waals surface area contributed by atoms with Crippen LogP contribution in [0.3, 0.4) is 0 Å². The molecule has 3 N–H and O–H groups in total. The fourth-order valence-corrected chi connectivity index (χ4v) is 2.02. The number of benzene rings is 1. The van der Waals surface area contributed by atoms with Crippen molar-refractivity contribution in [2.75, 3.05) is 11.9 Å². The molecule has 19 heavy (non-hydrogen) atoms. The maximum absolute atomic E-state index is 11.8. The summed E-state index contributed by atoms with van der Waals surface area (Å²) in [4.78, 5) is 11.8. The first-order valence-electron chi connectivity index (χ1n) is 6.88. The normalized spacial score (nSPS) is 12.0. The second kappa shape index (κ2) is 7.79. The van der Waals surface area contributed by atoms with Crippen LogP contribution in [-0.4, -0.2) is 23.8 Å². The van der Waals surface area contributed by atoms with Crippen LogP contribution in [-0.2, 0) is 6.42 Å². The Labute approximate surface area is 115 Å². The zero-order chi connectivity index (χ0) is 14.3. The molecule has 4 heteroatoms. The molecular formula is C15H24N2O2. The molecular weight excluding hydrogens is 240 g/mol. The second-order valence-electron chi connectivity index (χ2n) is 4.71. The molecule has 4 nitrogen and oxygen atoms in total. The zero-order valence-corrected chi connectivity index (χ0v) is 12.0. The minimum absolute atomic E-state index is 0.0149. The molecule has 1 aromatic carbocycles. The quantitative estimate of drug-likeness (QED) is 0.740. The Hall–Kier alpha value is -1.55. The number of carbonyl (C=O) groups is 1. The average Bonchev–Trinajstić information content (AvgIpc) is 2.40. The molecule has 2 amide bonds. The molecule has 1 rings (SSSR count). The number of rotatable bonds is 6. The van der Waals surface area contributed by atoms with Gasteiger partial charge in [0.05, 0.1) is 0 Å². The van der Waals surface area contributed by atoms with E-state index in [1.165, 1.54) is 11.1 Å². The fourth-order valence-electron chi connectivity index (χ4n) is 2.02. The van der Waals surface area contributed by atoms with Crippen LogP contribution in [0.25, 0.3) is 0 Å². The summed E-state index contributed by atoms with van der Waals surface area (Å²) in [7, 11) is 0. The Bertz CT molecular complexity index is 419. The lowest BCUT2D eigenvalue weighted by molar-refractivity contribution is 0.237. The topological polar surface area (TPSA) is 61.4 Å². The van der Waals surface area contributed by atoms with Crippen molar-refractivity contribution in [1.82, 2.24) is 5.32 Å². The van der Waals surface area contributed by atoms with Crippen LogP contribution in [0, 0.1) is 6.92 Å². The van der Waals surface area contributed by atoms with Crippen LogP contribution in [0.15, 0.2) is 18.2 Å². The summed E-state index contributed by atoms with van der Waals surface area (Å²) < 4.78 is 0. The molecule has 0 spiro atoms. The van der Waals surface area contributed by atoms with E-state index in [0.29, 0.717) is 6.42 Å². The van der Waals surface area contributed by atoms with Crippen molar-refractivity contribution in [2.45, 2.75) is 46.1 Å². The van der Waals surface area contributed by atoms with Gasteiger partial charge in [0, 0.05) is 18.3 Å². The lowest BCUT2D eigenvalue weighted by atomic mass is 10.1. The summed E-state index contributed by atoms with van der Waals surface area (Å²) in [6.07, 6.45) is 2.34. The average molecular weight is 264 g/mol. The number of aliphatic hydroxyl groups excluding tert-OH is 1. The highest BCUT2D eigenvalue weighted by atomic mass is 16.3. The smallest absolute Gasteiger partial charge is 0.319 e. The highest BCUT2D eigenvalue weighted by Gasteiger charge is 2.10. The number of carbonyl (C=O) groups excluding carboxylic acids is 1. The summed E-state index contributed by atoms with van der Waals surface area (Å²) in [5, 5.41) is 14.6. The van der Waals surface area contributed by atoms with Crippen molar-refractivity contribution in [3.05, 3.63) is 29.3 Å². The zero-order valence-electron chi connectivity index (χ0n) is 12.0. The Morgan fingerprint density at radius 1 is 1.37 bits per heavy atom. The standard InChI is InChI=1S/C15H24N2O2/c1-4-12-10-14(7-6-11(12)3)17-15(19)16-13(5-2)8-9-18/h6-7,10,13,18H,4-5,8-9H2,1-3H3,(H2,16,17,19). The minimum atomic E-state index is -0.216. The first-order chi connectivity index (χ1) is 9.10. The van der Waals surface area contributed by atoms with Crippen LogP contribution in [0.2, 0.25) is 0 Å². The van der Waals surface area contributed by atoms with Gasteiger partial charge in [0.1, 0.15) is 0 Å². The van der Waals surface area contributed by atoms with Gasteiger partial charge in [-0.25, -0.2) is 4.79 Å². The monoisotopic (exact) mass is 264 g/mol. The van der Waals surface area contributed by atoms with Crippen molar-refractivity contribution in [3.8, 4) is 0 Å². The SMILES string of the molecule is CCc1cc(NC(=O)NC(CC)CCO)ccc1C. The predicted octanol–water partition coefficient (Wildman–Crippen LogP) is 2.84. The van der Waals surface area contributed by atoms with Gasteiger partial charge in [-0.05, 0) is 49.4 Å². The number of hydrogen-bond acceptors (Lipinski definition) is 2. The molecule has 0 aromatic heterocycles. The van der Waals surface area contributed by atoms with E-state index in [9.17, 15) is 4.79 Å². The number of aryl methyl sites for hydroxylation is 2. The molecule has 0 heterocycles. The highest BCUT2D eigenvalue weighted by molar-refractivity contribution is 5.89. The molecule has 0 radical (unpaired) electrons. The molecule has 0 saturated carbocycles. The maximum atomic E-state index is 11.8. The largest absolute Gasteiger partial charge is 0.396 e. The lowest BCUT2D eigenvalue weighted by Crippen LogP contribution is -2.38. The molecule has 1 unspecified atom stereocenters.